The van der Waals surface area contributed by atoms with Crippen molar-refractivity contribution in [2.75, 3.05) is 11.1 Å². The predicted octanol–water partition coefficient (Wildman–Crippen LogP) is -12.3. The summed E-state index contributed by atoms with van der Waals surface area (Å²) in [7, 11) is -27.5. The number of aromatic hydroxyl groups is 1. The normalized spacial score (nSPS) is 12.1. The van der Waals surface area contributed by atoms with Crippen molar-refractivity contribution in [2.45, 2.75) is 24.5 Å². The summed E-state index contributed by atoms with van der Waals surface area (Å²) in [6.07, 6.45) is 0. The fraction of sp³-hybridized carbons (Fsp3) is 0. The maximum absolute atomic E-state index is 12.3. The summed E-state index contributed by atoms with van der Waals surface area (Å²) >= 11 is 11.4. The molecular formula is C25H12Cl2N9Na5O16S5. The molecule has 0 aliphatic heterocycles. The summed E-state index contributed by atoms with van der Waals surface area (Å²) in [5.74, 6) is -1.86. The second-order valence-corrected chi connectivity index (χ2v) is 18.1. The summed E-state index contributed by atoms with van der Waals surface area (Å²) in [6, 6.07) is 4.14. The molecule has 5 rings (SSSR count). The van der Waals surface area contributed by atoms with Crippen molar-refractivity contribution in [3.05, 3.63) is 59.1 Å². The smallest absolute Gasteiger partial charge is 0.744 e. The van der Waals surface area contributed by atoms with Gasteiger partial charge < -0.3 is 38.9 Å². The Hall–Kier alpha value is -0.120. The van der Waals surface area contributed by atoms with Crippen LogP contribution in [-0.4, -0.2) is 84.9 Å². The Kier molecular flexibility index (Phi) is 23.2. The first kappa shape index (κ1) is 61.9. The third-order valence-electron chi connectivity index (χ3n) is 6.92. The number of benzene rings is 4. The summed E-state index contributed by atoms with van der Waals surface area (Å²) in [5, 5.41) is 25.0. The minimum Gasteiger partial charge on any atom is -0.744 e. The van der Waals surface area contributed by atoms with Gasteiger partial charge >= 0.3 is 148 Å². The molecule has 0 spiro atoms. The number of hydrogen-bond donors (Lipinski definition) is 3. The molecule has 0 aliphatic carbocycles. The number of nitrogens with two attached hydrogens (primary N) is 1. The molecule has 0 bridgehead atoms. The quantitative estimate of drug-likeness (QED) is 0.0478. The van der Waals surface area contributed by atoms with Gasteiger partial charge in [0.25, 0.3) is 0 Å². The van der Waals surface area contributed by atoms with Gasteiger partial charge in [-0.3, -0.25) is 0 Å². The molecule has 0 unspecified atom stereocenters. The Morgan fingerprint density at radius 2 is 1.03 bits per heavy atom. The van der Waals surface area contributed by atoms with Crippen LogP contribution < -0.4 is 159 Å². The van der Waals surface area contributed by atoms with E-state index in [-0.39, 0.29) is 154 Å². The fourth-order valence-electron chi connectivity index (χ4n) is 4.64. The SMILES string of the molecule is Nc1c(N=Nc2cc(S(=O)(=O)[O-])ccc2S(=O)(=O)[O-])c(S(=O)(=O)[O-])cc2cc(S(=O)(=O)[O-])c(N=Nc3ccc(S(=O)(=O)[O-])c(Nc4nc(Cl)nc(Cl)n4)c3)c(O)c12.[Na+].[Na+].[Na+].[Na+].[Na+]. The molecule has 1 aromatic heterocycles. The Morgan fingerprint density at radius 3 is 1.52 bits per heavy atom. The molecule has 5 aromatic rings. The first-order chi connectivity index (χ1) is 26.1. The number of nitrogens with zero attached hydrogens (tertiary/aromatic N) is 7. The molecule has 62 heavy (non-hydrogen) atoms. The van der Waals surface area contributed by atoms with Crippen LogP contribution in [0.4, 0.5) is 40.1 Å². The maximum Gasteiger partial charge on any atom is 1.00 e. The number of phenols is 1. The van der Waals surface area contributed by atoms with E-state index in [0.717, 1.165) is 12.1 Å². The van der Waals surface area contributed by atoms with Crippen LogP contribution in [0.3, 0.4) is 0 Å². The van der Waals surface area contributed by atoms with Crippen LogP contribution in [0.1, 0.15) is 0 Å². The van der Waals surface area contributed by atoms with Crippen molar-refractivity contribution in [3.63, 3.8) is 0 Å². The minimum absolute atomic E-state index is 0. The van der Waals surface area contributed by atoms with Crippen molar-refractivity contribution >= 4 is 125 Å². The zero-order valence-corrected chi connectivity index (χ0v) is 47.3. The summed E-state index contributed by atoms with van der Waals surface area (Å²) in [4.78, 5) is 4.57. The van der Waals surface area contributed by atoms with Crippen LogP contribution in [0.15, 0.2) is 93.5 Å². The van der Waals surface area contributed by atoms with E-state index in [4.69, 9.17) is 28.9 Å². The molecule has 25 nitrogen and oxygen atoms in total. The van der Waals surface area contributed by atoms with E-state index in [0.29, 0.717) is 30.3 Å². The van der Waals surface area contributed by atoms with Gasteiger partial charge in [0.1, 0.15) is 67.7 Å². The minimum atomic E-state index is -5.74. The van der Waals surface area contributed by atoms with Gasteiger partial charge in [-0.1, -0.05) is 0 Å². The van der Waals surface area contributed by atoms with E-state index in [2.05, 4.69) is 40.7 Å². The number of halogens is 2. The van der Waals surface area contributed by atoms with E-state index in [1.165, 1.54) is 0 Å². The van der Waals surface area contributed by atoms with E-state index in [1.807, 2.05) is 0 Å². The molecular weight excluding hydrogens is 1030 g/mol. The van der Waals surface area contributed by atoms with E-state index >= 15 is 0 Å². The molecule has 37 heteroatoms. The molecule has 4 N–H and O–H groups in total. The number of azo groups is 2. The van der Waals surface area contributed by atoms with Crippen LogP contribution in [0, 0.1) is 0 Å². The molecule has 0 atom stereocenters. The van der Waals surface area contributed by atoms with Crippen LogP contribution >= 0.6 is 23.2 Å². The fourth-order valence-corrected chi connectivity index (χ4v) is 8.01. The van der Waals surface area contributed by atoms with Gasteiger partial charge in [0, 0.05) is 0 Å². The molecule has 0 amide bonds. The zero-order valence-electron chi connectivity index (χ0n) is 31.7. The Labute approximate surface area is 470 Å². The third-order valence-corrected chi connectivity index (χ3v) is 11.6. The number of fused-ring (bicyclic) bond motifs is 1. The molecule has 0 aliphatic rings. The van der Waals surface area contributed by atoms with E-state index in [1.54, 1.807) is 0 Å². The molecule has 4 aromatic carbocycles. The zero-order chi connectivity index (χ0) is 42.6. The summed E-state index contributed by atoms with van der Waals surface area (Å²) in [5.41, 5.74) is 0.318. The number of anilines is 3. The van der Waals surface area contributed by atoms with E-state index in [9.17, 15) is 70.0 Å². The Morgan fingerprint density at radius 1 is 0.565 bits per heavy atom. The van der Waals surface area contributed by atoms with Crippen LogP contribution in [-0.2, 0) is 50.6 Å². The molecule has 0 saturated carbocycles. The number of rotatable bonds is 11. The topological polar surface area (TPSA) is 432 Å². The van der Waals surface area contributed by atoms with Crippen LogP contribution in [0.2, 0.25) is 10.6 Å². The number of hydrogen-bond acceptors (Lipinski definition) is 25. The number of aromatic nitrogens is 3. The van der Waals surface area contributed by atoms with Gasteiger partial charge in [-0.2, -0.15) is 20.1 Å². The summed E-state index contributed by atoms with van der Waals surface area (Å²) < 4.78 is 180. The largest absolute Gasteiger partial charge is 1.00 e. The first-order valence-corrected chi connectivity index (χ1v) is 21.7. The van der Waals surface area contributed by atoms with Gasteiger partial charge in [0.05, 0.1) is 46.9 Å². The second-order valence-electron chi connectivity index (χ2n) is 10.6. The Balaban J connectivity index is 0.00000744. The van der Waals surface area contributed by atoms with Crippen molar-refractivity contribution in [3.8, 4) is 5.75 Å². The monoisotopic (exact) mass is 1040 g/mol. The molecule has 0 fully saturated rings. The Bertz CT molecular complexity index is 3190. The van der Waals surface area contributed by atoms with Crippen molar-refractivity contribution in [1.29, 1.82) is 0 Å². The van der Waals surface area contributed by atoms with E-state index < -0.39 is 142 Å². The van der Waals surface area contributed by atoms with Crippen molar-refractivity contribution < 1.29 is 218 Å². The van der Waals surface area contributed by atoms with Crippen LogP contribution in [0.25, 0.3) is 10.8 Å². The number of nitrogen functional groups attached to an aromatic ring is 1. The molecule has 1 heterocycles. The predicted molar refractivity (Wildman–Crippen MR) is 184 cm³/mol. The number of phenolic OH excluding ortho intramolecular Hbond substituents is 1. The second kappa shape index (κ2) is 23.3. The third kappa shape index (κ3) is 14.9. The number of nitrogens with one attached hydrogen (secondary N) is 1. The first-order valence-electron chi connectivity index (χ1n) is 13.9. The maximum atomic E-state index is 12.3. The van der Waals surface area contributed by atoms with Crippen molar-refractivity contribution in [1.82, 2.24) is 15.0 Å². The summed E-state index contributed by atoms with van der Waals surface area (Å²) in [6.45, 7) is 0. The van der Waals surface area contributed by atoms with Gasteiger partial charge in [-0.25, -0.2) is 42.1 Å². The van der Waals surface area contributed by atoms with Crippen molar-refractivity contribution in [2.24, 2.45) is 20.5 Å². The van der Waals surface area contributed by atoms with Gasteiger partial charge in [-0.05, 0) is 77.1 Å². The molecule has 0 saturated heterocycles. The van der Waals surface area contributed by atoms with Gasteiger partial charge in [0.15, 0.2) is 5.75 Å². The van der Waals surface area contributed by atoms with Gasteiger partial charge in [0.2, 0.25) is 16.5 Å². The average Bonchev–Trinajstić information content (AvgIpc) is 3.04. The van der Waals surface area contributed by atoms with Gasteiger partial charge in [-0.15, -0.1) is 15.3 Å². The average molecular weight is 1040 g/mol. The standard InChI is InChI=1S/C25H17Cl2N9O16S5.5Na/c26-23-30-24(27)32-25(31-23)29-12-7-10(1-3-14(12)54(41,42)43)33-36-21-17(57(50,51)52)6-9-5-16(56(47,48)49)20(19(28)18(9)22(21)37)35-34-13-8-11(53(38,39)40)2-4-15(13)55(44,45)46;;;;;/h1-8,37H,28H2,(H,38,39,40)(H,41,42,43)(H,44,45,46)(H,47,48,49)(H,50,51,52)(H,29,30,31,32);;;;;/q;5*+1/p-5. The molecule has 0 radical (unpaired) electrons. The molecule has 302 valence electrons. The van der Waals surface area contributed by atoms with Crippen LogP contribution in [0.5, 0.6) is 5.75 Å².